The maximum absolute atomic E-state index is 14.0. The number of carboxylic acids is 1. The van der Waals surface area contributed by atoms with E-state index in [4.69, 9.17) is 14.7 Å². The minimum Gasteiger partial charge on any atom is -0.490 e. The average Bonchev–Trinajstić information content (AvgIpc) is 3.10. The number of alkyl halides is 6. The molecule has 1 unspecified atom stereocenters. The van der Waals surface area contributed by atoms with Gasteiger partial charge in [0, 0.05) is 12.5 Å². The van der Waals surface area contributed by atoms with Crippen molar-refractivity contribution in [2.24, 2.45) is 5.41 Å². The van der Waals surface area contributed by atoms with E-state index in [1.807, 2.05) is 6.07 Å². The number of hydrogen-bond acceptors (Lipinski definition) is 10. The van der Waals surface area contributed by atoms with Gasteiger partial charge in [-0.15, -0.1) is 0 Å². The number of nitriles is 2. The number of aromatic nitrogens is 3. The Morgan fingerprint density at radius 1 is 1.08 bits per heavy atom. The highest BCUT2D eigenvalue weighted by Crippen LogP contribution is 2.42. The normalized spacial score (nSPS) is 16.6. The molecule has 2 aromatic heterocycles. The van der Waals surface area contributed by atoms with Gasteiger partial charge in [0.1, 0.15) is 18.1 Å². The van der Waals surface area contributed by atoms with Gasteiger partial charge < -0.3 is 14.6 Å². The number of carboxylic acid groups (broad SMARTS) is 1. The van der Waals surface area contributed by atoms with Gasteiger partial charge in [0.25, 0.3) is 0 Å². The van der Waals surface area contributed by atoms with Crippen molar-refractivity contribution in [3.63, 3.8) is 0 Å². The zero-order valence-corrected chi connectivity index (χ0v) is 28.0. The Morgan fingerprint density at radius 2 is 1.77 bits per heavy atom. The van der Waals surface area contributed by atoms with Gasteiger partial charge in [-0.1, -0.05) is 6.92 Å². The molecule has 12 nitrogen and oxygen atoms in total. The lowest BCUT2D eigenvalue weighted by atomic mass is 9.91. The zero-order chi connectivity index (χ0) is 38.4. The second-order valence-electron chi connectivity index (χ2n) is 12.5. The predicted octanol–water partition coefficient (Wildman–Crippen LogP) is 7.12. The third-order valence-electron chi connectivity index (χ3n) is 8.18. The van der Waals surface area contributed by atoms with Crippen molar-refractivity contribution in [1.29, 1.82) is 10.5 Å². The van der Waals surface area contributed by atoms with Crippen LogP contribution in [0.25, 0.3) is 0 Å². The van der Waals surface area contributed by atoms with Crippen LogP contribution in [0.1, 0.15) is 92.4 Å². The number of hydrogen-bond donors (Lipinski definition) is 2. The van der Waals surface area contributed by atoms with Crippen LogP contribution >= 0.6 is 0 Å². The zero-order valence-electron chi connectivity index (χ0n) is 28.0. The van der Waals surface area contributed by atoms with Crippen molar-refractivity contribution in [1.82, 2.24) is 20.3 Å². The number of unbranched alkanes of at least 4 members (excludes halogenated alkanes) is 1. The Hall–Kier alpha value is -5.49. The molecular formula is C34H33F6N7O5. The molecule has 0 saturated carbocycles. The number of nitrogens with one attached hydrogen (secondary N) is 1. The van der Waals surface area contributed by atoms with Crippen LogP contribution in [0.2, 0.25) is 0 Å². The van der Waals surface area contributed by atoms with Crippen LogP contribution in [0, 0.1) is 28.1 Å². The molecule has 0 fully saturated rings. The summed E-state index contributed by atoms with van der Waals surface area (Å²) in [7, 11) is 0. The summed E-state index contributed by atoms with van der Waals surface area (Å²) in [5.41, 5.74) is -4.89. The summed E-state index contributed by atoms with van der Waals surface area (Å²) in [5, 5.41) is 30.9. The highest BCUT2D eigenvalue weighted by Gasteiger charge is 2.42. The topological polar surface area (TPSA) is 174 Å². The van der Waals surface area contributed by atoms with Gasteiger partial charge in [0.2, 0.25) is 0 Å². The van der Waals surface area contributed by atoms with E-state index in [0.29, 0.717) is 18.6 Å². The van der Waals surface area contributed by atoms with Crippen molar-refractivity contribution >= 4 is 17.7 Å². The second-order valence-corrected chi connectivity index (χ2v) is 12.5. The van der Waals surface area contributed by atoms with Crippen LogP contribution in [0.5, 0.6) is 5.75 Å². The Labute approximate surface area is 294 Å². The second kappa shape index (κ2) is 15.8. The van der Waals surface area contributed by atoms with Gasteiger partial charge in [-0.2, -0.15) is 36.9 Å². The summed E-state index contributed by atoms with van der Waals surface area (Å²) in [6.45, 7) is 3.92. The van der Waals surface area contributed by atoms with Gasteiger partial charge in [-0.3, -0.25) is 15.0 Å². The Kier molecular flexibility index (Phi) is 12.0. The quantitative estimate of drug-likeness (QED) is 0.143. The van der Waals surface area contributed by atoms with E-state index in [9.17, 15) is 46.3 Å². The Balaban J connectivity index is 1.84. The molecule has 1 aliphatic rings. The molecule has 2 N–H and O–H groups in total. The molecule has 0 saturated heterocycles. The van der Waals surface area contributed by atoms with E-state index >= 15 is 0 Å². The van der Waals surface area contributed by atoms with E-state index in [2.05, 4.69) is 20.3 Å². The Morgan fingerprint density at radius 3 is 2.35 bits per heavy atom. The van der Waals surface area contributed by atoms with Gasteiger partial charge in [-0.25, -0.2) is 19.7 Å². The number of carbonyl (C=O) groups excluding carboxylic acids is 1. The molecule has 0 bridgehead atoms. The van der Waals surface area contributed by atoms with Crippen LogP contribution in [-0.2, 0) is 21.9 Å². The molecular weight excluding hydrogens is 700 g/mol. The number of amides is 1. The summed E-state index contributed by atoms with van der Waals surface area (Å²) in [5.74, 6) is -1.21. The minimum absolute atomic E-state index is 0.107. The maximum Gasteiger partial charge on any atom is 0.433 e. The molecule has 1 amide bonds. The molecule has 1 aromatic carbocycles. The summed E-state index contributed by atoms with van der Waals surface area (Å²) < 4.78 is 94.8. The maximum atomic E-state index is 14.0. The summed E-state index contributed by atoms with van der Waals surface area (Å²) in [4.78, 5) is 38.5. The van der Waals surface area contributed by atoms with E-state index < -0.39 is 65.8 Å². The number of fused-ring (bicyclic) bond motifs is 1. The third kappa shape index (κ3) is 9.24. The number of pyridine rings is 1. The summed E-state index contributed by atoms with van der Waals surface area (Å²) in [6.07, 6.45) is -7.65. The SMILES string of the molecule is CC[C@@H]1C[C@H](NC(c2cc(C#N)cc(C(F)(F)F)c2)c2ncc(OCCCC#N)cn2)c2nc(C(F)(F)F)ccc2N1C(=O)OCC(C)(C)C(=O)O. The third-order valence-corrected chi connectivity index (χ3v) is 8.18. The molecule has 0 aliphatic carbocycles. The molecule has 0 spiro atoms. The number of ether oxygens (including phenoxy) is 2. The fourth-order valence-electron chi connectivity index (χ4n) is 5.35. The molecule has 0 radical (unpaired) electrons. The van der Waals surface area contributed by atoms with Crippen molar-refractivity contribution < 1.29 is 50.5 Å². The van der Waals surface area contributed by atoms with Gasteiger partial charge >= 0.3 is 24.4 Å². The summed E-state index contributed by atoms with van der Waals surface area (Å²) in [6, 6.07) is 4.61. The first-order valence-corrected chi connectivity index (χ1v) is 15.9. The van der Waals surface area contributed by atoms with Gasteiger partial charge in [0.15, 0.2) is 5.75 Å². The van der Waals surface area contributed by atoms with Gasteiger partial charge in [-0.05, 0) is 69.0 Å². The van der Waals surface area contributed by atoms with Crippen LogP contribution in [0.3, 0.4) is 0 Å². The predicted molar refractivity (Wildman–Crippen MR) is 169 cm³/mol. The van der Waals surface area contributed by atoms with Crippen molar-refractivity contribution in [2.45, 2.75) is 76.9 Å². The minimum atomic E-state index is -4.92. The first-order valence-electron chi connectivity index (χ1n) is 15.9. The van der Waals surface area contributed by atoms with Gasteiger partial charge in [0.05, 0.1) is 71.1 Å². The highest BCUT2D eigenvalue weighted by molar-refractivity contribution is 5.90. The Bertz CT molecular complexity index is 1860. The molecule has 276 valence electrons. The smallest absolute Gasteiger partial charge is 0.433 e. The molecule has 1 aliphatic heterocycles. The lowest BCUT2D eigenvalue weighted by Gasteiger charge is -2.41. The fourth-order valence-corrected chi connectivity index (χ4v) is 5.35. The largest absolute Gasteiger partial charge is 0.490 e. The van der Waals surface area contributed by atoms with E-state index in [1.54, 1.807) is 13.0 Å². The van der Waals surface area contributed by atoms with Crippen LogP contribution in [0.15, 0.2) is 42.7 Å². The number of rotatable bonds is 12. The lowest BCUT2D eigenvalue weighted by Crippen LogP contribution is -2.48. The fraction of sp³-hybridized carbons (Fsp3) is 0.441. The monoisotopic (exact) mass is 733 g/mol. The highest BCUT2D eigenvalue weighted by atomic mass is 19.4. The number of aliphatic carboxylic acids is 1. The molecule has 52 heavy (non-hydrogen) atoms. The first kappa shape index (κ1) is 39.3. The average molecular weight is 734 g/mol. The molecule has 3 atom stereocenters. The van der Waals surface area contributed by atoms with Crippen LogP contribution < -0.4 is 15.0 Å². The van der Waals surface area contributed by atoms with E-state index in [1.165, 1.54) is 26.2 Å². The lowest BCUT2D eigenvalue weighted by molar-refractivity contribution is -0.149. The standard InChI is InChI=1S/C34H33F6N7O5/c1-4-22-14-24(28-25(7-8-26(46-28)34(38,39)40)47(22)31(50)52-18-32(2,3)30(48)49)45-27(20-11-19(15-42)12-21(13-20)33(35,36)37)29-43-16-23(17-44-29)51-10-6-5-9-41/h7-8,11-13,16-17,22,24,27,45H,4-6,10,14,18H2,1-3H3,(H,48,49)/t22-,24+,27?/m1/s1. The number of anilines is 1. The number of halogens is 6. The molecule has 4 rings (SSSR count). The van der Waals surface area contributed by atoms with E-state index in [0.717, 1.165) is 23.1 Å². The number of carbonyl (C=O) groups is 2. The molecule has 18 heteroatoms. The van der Waals surface area contributed by atoms with Crippen molar-refractivity contribution in [3.8, 4) is 17.9 Å². The van der Waals surface area contributed by atoms with E-state index in [-0.39, 0.29) is 60.0 Å². The molecule has 3 aromatic rings. The summed E-state index contributed by atoms with van der Waals surface area (Å²) >= 11 is 0. The van der Waals surface area contributed by atoms with Crippen LogP contribution in [0.4, 0.5) is 36.8 Å². The molecule has 3 heterocycles. The number of benzene rings is 1. The first-order chi connectivity index (χ1) is 24.4. The van der Waals surface area contributed by atoms with Crippen molar-refractivity contribution in [2.75, 3.05) is 18.1 Å². The van der Waals surface area contributed by atoms with Crippen molar-refractivity contribution in [3.05, 3.63) is 76.6 Å². The van der Waals surface area contributed by atoms with Crippen LogP contribution in [-0.4, -0.2) is 51.4 Å². The number of nitrogens with zero attached hydrogens (tertiary/aromatic N) is 6.